The van der Waals surface area contributed by atoms with Gasteiger partial charge in [-0.25, -0.2) is 4.98 Å². The molecule has 3 aromatic carbocycles. The molecular formula is C24H15F3N2O4. The first-order valence-corrected chi connectivity index (χ1v) is 10.0. The van der Waals surface area contributed by atoms with Crippen LogP contribution in [-0.2, 0) is 6.18 Å². The highest BCUT2D eigenvalue weighted by molar-refractivity contribution is 5.83. The van der Waals surface area contributed by atoms with E-state index >= 15 is 0 Å². The monoisotopic (exact) mass is 452 g/mol. The Morgan fingerprint density at radius 1 is 0.727 bits per heavy atom. The molecule has 0 bridgehead atoms. The predicted molar refractivity (Wildman–Crippen MR) is 112 cm³/mol. The molecule has 0 atom stereocenters. The molecule has 3 heterocycles. The Kier molecular flexibility index (Phi) is 4.26. The van der Waals surface area contributed by atoms with Gasteiger partial charge in [-0.2, -0.15) is 13.2 Å². The maximum absolute atomic E-state index is 13.7. The topological polar surface area (TPSA) is 65.6 Å². The zero-order valence-electron chi connectivity index (χ0n) is 16.9. The van der Waals surface area contributed by atoms with E-state index in [4.69, 9.17) is 18.9 Å². The Labute approximate surface area is 185 Å². The summed E-state index contributed by atoms with van der Waals surface area (Å²) in [5.74, 6) is 2.40. The number of ether oxygens (including phenoxy) is 4. The van der Waals surface area contributed by atoms with Crippen LogP contribution in [0.25, 0.3) is 33.9 Å². The number of hydrogen-bond acceptors (Lipinski definition) is 5. The van der Waals surface area contributed by atoms with Crippen LogP contribution in [0, 0.1) is 0 Å². The van der Waals surface area contributed by atoms with Crippen LogP contribution in [0.3, 0.4) is 0 Å². The standard InChI is InChI=1S/C24H15F3N2O4/c25-24(26,27)16-4-2-1-3-15(16)23-28-21(13-5-7-17-19(9-13)32-11-30-17)22(29-23)14-6-8-18-20(10-14)33-12-31-18/h1-10H,11-12H2,(H,28,29). The van der Waals surface area contributed by atoms with E-state index in [1.165, 1.54) is 12.1 Å². The molecule has 0 fully saturated rings. The number of imidazole rings is 1. The lowest BCUT2D eigenvalue weighted by atomic mass is 10.0. The van der Waals surface area contributed by atoms with Crippen LogP contribution in [0.5, 0.6) is 23.0 Å². The summed E-state index contributed by atoms with van der Waals surface area (Å²) < 4.78 is 62.8. The van der Waals surface area contributed by atoms with Crippen molar-refractivity contribution in [2.45, 2.75) is 6.18 Å². The number of hydrogen-bond donors (Lipinski definition) is 1. The molecular weight excluding hydrogens is 437 g/mol. The van der Waals surface area contributed by atoms with E-state index in [0.717, 1.165) is 6.07 Å². The molecule has 0 saturated heterocycles. The third-order valence-corrected chi connectivity index (χ3v) is 5.50. The number of aromatic amines is 1. The Morgan fingerprint density at radius 2 is 1.33 bits per heavy atom. The maximum atomic E-state index is 13.7. The number of aromatic nitrogens is 2. The SMILES string of the molecule is FC(F)(F)c1ccccc1-c1nc(-c2ccc3c(c2)OCO3)c(-c2ccc3c(c2)OCO3)[nH]1. The summed E-state index contributed by atoms with van der Waals surface area (Å²) in [4.78, 5) is 7.70. The van der Waals surface area contributed by atoms with E-state index in [0.29, 0.717) is 45.5 Å². The molecule has 0 saturated carbocycles. The fourth-order valence-corrected chi connectivity index (χ4v) is 3.95. The van der Waals surface area contributed by atoms with E-state index in [1.807, 2.05) is 0 Å². The van der Waals surface area contributed by atoms with Crippen molar-refractivity contribution in [1.29, 1.82) is 0 Å². The van der Waals surface area contributed by atoms with Crippen molar-refractivity contribution in [2.75, 3.05) is 13.6 Å². The third-order valence-electron chi connectivity index (χ3n) is 5.50. The average Bonchev–Trinajstić information content (AvgIpc) is 3.56. The van der Waals surface area contributed by atoms with Gasteiger partial charge in [-0.15, -0.1) is 0 Å². The van der Waals surface area contributed by atoms with E-state index in [9.17, 15) is 13.2 Å². The third kappa shape index (κ3) is 3.32. The first-order chi connectivity index (χ1) is 16.0. The van der Waals surface area contributed by atoms with Gasteiger partial charge < -0.3 is 23.9 Å². The second kappa shape index (κ2) is 7.19. The molecule has 2 aliphatic rings. The lowest BCUT2D eigenvalue weighted by Crippen LogP contribution is -2.07. The van der Waals surface area contributed by atoms with Gasteiger partial charge in [-0.3, -0.25) is 0 Å². The van der Waals surface area contributed by atoms with Crippen LogP contribution in [0.2, 0.25) is 0 Å². The molecule has 0 radical (unpaired) electrons. The van der Waals surface area contributed by atoms with Crippen molar-refractivity contribution in [2.24, 2.45) is 0 Å². The number of nitrogens with zero attached hydrogens (tertiary/aromatic N) is 1. The number of nitrogens with one attached hydrogen (secondary N) is 1. The zero-order valence-corrected chi connectivity index (χ0v) is 16.9. The van der Waals surface area contributed by atoms with Crippen molar-refractivity contribution in [3.05, 3.63) is 66.2 Å². The molecule has 4 aromatic rings. The second-order valence-electron chi connectivity index (χ2n) is 7.49. The highest BCUT2D eigenvalue weighted by atomic mass is 19.4. The molecule has 6 nitrogen and oxygen atoms in total. The van der Waals surface area contributed by atoms with Crippen LogP contribution in [-0.4, -0.2) is 23.6 Å². The summed E-state index contributed by atoms with van der Waals surface area (Å²) in [5.41, 5.74) is 1.56. The van der Waals surface area contributed by atoms with Crippen molar-refractivity contribution >= 4 is 0 Å². The Bertz CT molecular complexity index is 1310. The van der Waals surface area contributed by atoms with Gasteiger partial charge in [0, 0.05) is 16.7 Å². The molecule has 166 valence electrons. The minimum absolute atomic E-state index is 0.0426. The molecule has 6 rings (SSSR count). The van der Waals surface area contributed by atoms with Gasteiger partial charge in [0.25, 0.3) is 0 Å². The highest BCUT2D eigenvalue weighted by Crippen LogP contribution is 2.43. The number of benzene rings is 3. The molecule has 33 heavy (non-hydrogen) atoms. The van der Waals surface area contributed by atoms with E-state index < -0.39 is 11.7 Å². The lowest BCUT2D eigenvalue weighted by Gasteiger charge is -2.10. The van der Waals surface area contributed by atoms with Crippen molar-refractivity contribution < 1.29 is 32.1 Å². The molecule has 0 amide bonds. The second-order valence-corrected chi connectivity index (χ2v) is 7.49. The van der Waals surface area contributed by atoms with Gasteiger partial charge in [0.1, 0.15) is 5.82 Å². The number of halogens is 3. The van der Waals surface area contributed by atoms with Gasteiger partial charge in [0.2, 0.25) is 13.6 Å². The smallest absolute Gasteiger partial charge is 0.417 e. The van der Waals surface area contributed by atoms with E-state index in [1.54, 1.807) is 42.5 Å². The molecule has 9 heteroatoms. The Balaban J connectivity index is 1.55. The molecule has 1 N–H and O–H groups in total. The van der Waals surface area contributed by atoms with Crippen LogP contribution in [0.1, 0.15) is 5.56 Å². The molecule has 2 aliphatic heterocycles. The number of fused-ring (bicyclic) bond motifs is 2. The summed E-state index contributed by atoms with van der Waals surface area (Å²) in [6.07, 6.45) is -4.53. The van der Waals surface area contributed by atoms with Gasteiger partial charge >= 0.3 is 6.18 Å². The zero-order chi connectivity index (χ0) is 22.6. The quantitative estimate of drug-likeness (QED) is 0.420. The summed E-state index contributed by atoms with van der Waals surface area (Å²) >= 11 is 0. The summed E-state index contributed by atoms with van der Waals surface area (Å²) in [6.45, 7) is 0.222. The molecule has 0 spiro atoms. The summed E-state index contributed by atoms with van der Waals surface area (Å²) in [5, 5.41) is 0. The number of alkyl halides is 3. The van der Waals surface area contributed by atoms with Gasteiger partial charge in [-0.05, 0) is 42.5 Å². The van der Waals surface area contributed by atoms with Crippen LogP contribution in [0.4, 0.5) is 13.2 Å². The minimum Gasteiger partial charge on any atom is -0.454 e. The van der Waals surface area contributed by atoms with Crippen LogP contribution in [0.15, 0.2) is 60.7 Å². The first kappa shape index (κ1) is 19.5. The van der Waals surface area contributed by atoms with E-state index in [2.05, 4.69) is 9.97 Å². The van der Waals surface area contributed by atoms with Gasteiger partial charge in [0.05, 0.1) is 17.0 Å². The predicted octanol–water partition coefficient (Wildman–Crippen LogP) is 5.89. The number of H-pyrrole nitrogens is 1. The fourth-order valence-electron chi connectivity index (χ4n) is 3.95. The fraction of sp³-hybridized carbons (Fsp3) is 0.125. The molecule has 1 aromatic heterocycles. The largest absolute Gasteiger partial charge is 0.454 e. The van der Waals surface area contributed by atoms with Gasteiger partial charge in [0.15, 0.2) is 23.0 Å². The van der Waals surface area contributed by atoms with Crippen molar-refractivity contribution in [3.63, 3.8) is 0 Å². The Hall–Kier alpha value is -4.14. The highest BCUT2D eigenvalue weighted by Gasteiger charge is 2.34. The van der Waals surface area contributed by atoms with Crippen LogP contribution >= 0.6 is 0 Å². The van der Waals surface area contributed by atoms with Gasteiger partial charge in [-0.1, -0.05) is 18.2 Å². The van der Waals surface area contributed by atoms with Crippen molar-refractivity contribution in [1.82, 2.24) is 9.97 Å². The summed E-state index contributed by atoms with van der Waals surface area (Å²) in [6, 6.07) is 16.0. The maximum Gasteiger partial charge on any atom is 0.417 e. The molecule has 0 unspecified atom stereocenters. The van der Waals surface area contributed by atoms with E-state index in [-0.39, 0.29) is 25.0 Å². The Morgan fingerprint density at radius 3 is 2.03 bits per heavy atom. The number of rotatable bonds is 3. The first-order valence-electron chi connectivity index (χ1n) is 10.0. The summed E-state index contributed by atoms with van der Waals surface area (Å²) in [7, 11) is 0. The minimum atomic E-state index is -4.53. The molecule has 0 aliphatic carbocycles. The normalized spacial score (nSPS) is 14.0. The van der Waals surface area contributed by atoms with Crippen LogP contribution < -0.4 is 18.9 Å². The average molecular weight is 452 g/mol. The van der Waals surface area contributed by atoms with Crippen molar-refractivity contribution in [3.8, 4) is 56.9 Å². The lowest BCUT2D eigenvalue weighted by molar-refractivity contribution is -0.137.